The zero-order valence-corrected chi connectivity index (χ0v) is 15.9. The number of benzene rings is 1. The first-order valence-electron chi connectivity index (χ1n) is 9.49. The maximum absolute atomic E-state index is 12.8. The van der Waals surface area contributed by atoms with Gasteiger partial charge < -0.3 is 10.8 Å². The highest BCUT2D eigenvalue weighted by Gasteiger charge is 2.31. The first-order valence-corrected chi connectivity index (χ1v) is 9.49. The van der Waals surface area contributed by atoms with Crippen LogP contribution in [0.2, 0.25) is 0 Å². The molecule has 0 radical (unpaired) electrons. The van der Waals surface area contributed by atoms with Gasteiger partial charge in [-0.15, -0.1) is 0 Å². The summed E-state index contributed by atoms with van der Waals surface area (Å²) in [7, 11) is 0. The van der Waals surface area contributed by atoms with Crippen LogP contribution >= 0.6 is 0 Å². The molecule has 1 aromatic carbocycles. The standard InChI is InChI=1S/C21H19F3N4O2/c22-21(23,24)14-5-2-12(3-6-14)17-10-16-13(11-26-17)4-7-15-18(16)27-28(9-1-8-25)19(15)20(29)30/h2-3,5-6,10-11H,1,4,7-9,25H2,(H,29,30). The number of carboxylic acids is 1. The van der Waals surface area contributed by atoms with Crippen LogP contribution in [0, 0.1) is 0 Å². The van der Waals surface area contributed by atoms with Gasteiger partial charge in [0.2, 0.25) is 0 Å². The molecule has 1 aliphatic rings. The van der Waals surface area contributed by atoms with E-state index in [1.807, 2.05) is 0 Å². The Morgan fingerprint density at radius 2 is 1.93 bits per heavy atom. The number of aromatic nitrogens is 3. The Hall–Kier alpha value is -3.20. The highest BCUT2D eigenvalue weighted by molar-refractivity contribution is 5.91. The minimum absolute atomic E-state index is 0.164. The summed E-state index contributed by atoms with van der Waals surface area (Å²) in [6.45, 7) is 0.819. The van der Waals surface area contributed by atoms with Gasteiger partial charge in [-0.05, 0) is 49.6 Å². The highest BCUT2D eigenvalue weighted by Crippen LogP contribution is 2.37. The molecule has 0 atom stereocenters. The first-order chi connectivity index (χ1) is 14.3. The van der Waals surface area contributed by atoms with E-state index in [-0.39, 0.29) is 5.69 Å². The van der Waals surface area contributed by atoms with Gasteiger partial charge in [-0.3, -0.25) is 9.67 Å². The summed E-state index contributed by atoms with van der Waals surface area (Å²) < 4.78 is 40.0. The van der Waals surface area contributed by atoms with Gasteiger partial charge in [0.05, 0.1) is 17.0 Å². The monoisotopic (exact) mass is 416 g/mol. The Morgan fingerprint density at radius 1 is 1.20 bits per heavy atom. The van der Waals surface area contributed by atoms with Crippen LogP contribution < -0.4 is 5.73 Å². The van der Waals surface area contributed by atoms with E-state index in [4.69, 9.17) is 5.73 Å². The van der Waals surface area contributed by atoms with E-state index in [2.05, 4.69) is 10.1 Å². The van der Waals surface area contributed by atoms with Crippen LogP contribution in [-0.4, -0.2) is 32.4 Å². The lowest BCUT2D eigenvalue weighted by molar-refractivity contribution is -0.137. The molecule has 0 amide bonds. The molecule has 0 spiro atoms. The van der Waals surface area contributed by atoms with Crippen LogP contribution in [0.4, 0.5) is 13.2 Å². The average Bonchev–Trinajstić information content (AvgIpc) is 3.10. The van der Waals surface area contributed by atoms with Crippen molar-refractivity contribution >= 4 is 5.97 Å². The second-order valence-corrected chi connectivity index (χ2v) is 7.15. The lowest BCUT2D eigenvalue weighted by atomic mass is 9.89. The van der Waals surface area contributed by atoms with Gasteiger partial charge in [0.25, 0.3) is 0 Å². The molecular formula is C21H19F3N4O2. The lowest BCUT2D eigenvalue weighted by Gasteiger charge is -2.16. The summed E-state index contributed by atoms with van der Waals surface area (Å²) in [6, 6.07) is 6.56. The third-order valence-electron chi connectivity index (χ3n) is 5.22. The number of aromatic carboxylic acids is 1. The van der Waals surface area contributed by atoms with E-state index in [1.165, 1.54) is 16.8 Å². The minimum atomic E-state index is -4.40. The van der Waals surface area contributed by atoms with Gasteiger partial charge in [-0.2, -0.15) is 18.3 Å². The van der Waals surface area contributed by atoms with E-state index in [1.54, 1.807) is 12.3 Å². The molecule has 0 fully saturated rings. The van der Waals surface area contributed by atoms with E-state index >= 15 is 0 Å². The van der Waals surface area contributed by atoms with Crippen LogP contribution in [0.3, 0.4) is 0 Å². The number of aryl methyl sites for hydroxylation is 2. The molecule has 2 heterocycles. The number of alkyl halides is 3. The number of hydrogen-bond donors (Lipinski definition) is 2. The predicted molar refractivity (Wildman–Crippen MR) is 104 cm³/mol. The molecule has 30 heavy (non-hydrogen) atoms. The maximum Gasteiger partial charge on any atom is 0.416 e. The number of carboxylic acid groups (broad SMARTS) is 1. The van der Waals surface area contributed by atoms with Crippen LogP contribution in [-0.2, 0) is 25.6 Å². The number of rotatable bonds is 5. The quantitative estimate of drug-likeness (QED) is 0.660. The molecule has 3 N–H and O–H groups in total. The minimum Gasteiger partial charge on any atom is -0.477 e. The summed E-state index contributed by atoms with van der Waals surface area (Å²) in [6.07, 6.45) is -0.967. The second-order valence-electron chi connectivity index (χ2n) is 7.15. The zero-order valence-electron chi connectivity index (χ0n) is 15.9. The van der Waals surface area contributed by atoms with Crippen LogP contribution in [0.1, 0.15) is 33.6 Å². The largest absolute Gasteiger partial charge is 0.477 e. The molecule has 0 aliphatic heterocycles. The number of halogens is 3. The van der Waals surface area contributed by atoms with Crippen molar-refractivity contribution in [1.82, 2.24) is 14.8 Å². The van der Waals surface area contributed by atoms with E-state index < -0.39 is 17.7 Å². The number of fused-ring (bicyclic) bond motifs is 3. The van der Waals surface area contributed by atoms with Crippen molar-refractivity contribution in [3.05, 3.63) is 58.9 Å². The van der Waals surface area contributed by atoms with Crippen LogP contribution in [0.15, 0.2) is 36.5 Å². The molecule has 0 unspecified atom stereocenters. The smallest absolute Gasteiger partial charge is 0.416 e. The number of nitrogens with zero attached hydrogens (tertiary/aromatic N) is 3. The summed E-state index contributed by atoms with van der Waals surface area (Å²) in [5.41, 5.74) is 8.97. The van der Waals surface area contributed by atoms with E-state index in [9.17, 15) is 23.1 Å². The SMILES string of the molecule is NCCCn1nc2c(c1C(=O)O)CCc1cnc(-c3ccc(C(F)(F)F)cc3)cc1-2. The summed E-state index contributed by atoms with van der Waals surface area (Å²) in [5.74, 6) is -1.04. The third kappa shape index (κ3) is 3.56. The van der Waals surface area contributed by atoms with Crippen molar-refractivity contribution in [3.8, 4) is 22.5 Å². The Labute approximate surface area is 170 Å². The summed E-state index contributed by atoms with van der Waals surface area (Å²) in [5, 5.41) is 14.2. The molecule has 1 aliphatic carbocycles. The highest BCUT2D eigenvalue weighted by atomic mass is 19.4. The Bertz CT molecular complexity index is 1100. The van der Waals surface area contributed by atoms with Crippen molar-refractivity contribution in [2.24, 2.45) is 5.73 Å². The van der Waals surface area contributed by atoms with Crippen LogP contribution in [0.5, 0.6) is 0 Å². The fourth-order valence-corrected chi connectivity index (χ4v) is 3.75. The van der Waals surface area contributed by atoms with Crippen molar-refractivity contribution in [2.45, 2.75) is 32.0 Å². The van der Waals surface area contributed by atoms with Gasteiger partial charge in [0, 0.05) is 29.4 Å². The van der Waals surface area contributed by atoms with Crippen molar-refractivity contribution in [3.63, 3.8) is 0 Å². The van der Waals surface area contributed by atoms with Crippen molar-refractivity contribution in [2.75, 3.05) is 6.54 Å². The third-order valence-corrected chi connectivity index (χ3v) is 5.22. The van der Waals surface area contributed by atoms with Gasteiger partial charge >= 0.3 is 12.1 Å². The number of pyridine rings is 1. The molecule has 9 heteroatoms. The normalized spacial score (nSPS) is 13.1. The number of hydrogen-bond acceptors (Lipinski definition) is 4. The topological polar surface area (TPSA) is 94.0 Å². The summed E-state index contributed by atoms with van der Waals surface area (Å²) in [4.78, 5) is 16.2. The van der Waals surface area contributed by atoms with Crippen LogP contribution in [0.25, 0.3) is 22.5 Å². The molecule has 0 saturated heterocycles. The Balaban J connectivity index is 1.77. The van der Waals surface area contributed by atoms with Gasteiger partial charge in [0.1, 0.15) is 5.69 Å². The first kappa shape index (κ1) is 20.1. The molecule has 156 valence electrons. The molecular weight excluding hydrogens is 397 g/mol. The maximum atomic E-state index is 12.8. The van der Waals surface area contributed by atoms with E-state index in [0.29, 0.717) is 54.9 Å². The average molecular weight is 416 g/mol. The lowest BCUT2D eigenvalue weighted by Crippen LogP contribution is -2.14. The van der Waals surface area contributed by atoms with Gasteiger partial charge in [-0.25, -0.2) is 4.79 Å². The number of carbonyl (C=O) groups is 1. The van der Waals surface area contributed by atoms with Crippen molar-refractivity contribution in [1.29, 1.82) is 0 Å². The van der Waals surface area contributed by atoms with Gasteiger partial charge in [0.15, 0.2) is 0 Å². The number of nitrogens with two attached hydrogens (primary N) is 1. The second kappa shape index (κ2) is 7.56. The van der Waals surface area contributed by atoms with Crippen molar-refractivity contribution < 1.29 is 23.1 Å². The van der Waals surface area contributed by atoms with Gasteiger partial charge in [-0.1, -0.05) is 12.1 Å². The fraction of sp³-hybridized carbons (Fsp3) is 0.286. The predicted octanol–water partition coefficient (Wildman–Crippen LogP) is 3.78. The zero-order chi connectivity index (χ0) is 21.5. The van der Waals surface area contributed by atoms with E-state index in [0.717, 1.165) is 23.3 Å². The molecule has 3 aromatic rings. The fourth-order valence-electron chi connectivity index (χ4n) is 3.75. The Morgan fingerprint density at radius 3 is 2.57 bits per heavy atom. The summed E-state index contributed by atoms with van der Waals surface area (Å²) >= 11 is 0. The molecule has 4 rings (SSSR count). The Kier molecular flexibility index (Phi) is 5.07. The molecule has 2 aromatic heterocycles. The molecule has 0 saturated carbocycles. The molecule has 6 nitrogen and oxygen atoms in total. The molecule has 0 bridgehead atoms.